The number of thioether (sulfide) groups is 1. The van der Waals surface area contributed by atoms with Crippen LogP contribution in [-0.4, -0.2) is 22.5 Å². The van der Waals surface area contributed by atoms with E-state index >= 15 is 0 Å². The maximum Gasteiger partial charge on any atom is 0.0743 e. The van der Waals surface area contributed by atoms with E-state index in [4.69, 9.17) is 5.73 Å². The molecule has 114 valence electrons. The number of pyridine rings is 1. The smallest absolute Gasteiger partial charge is 0.0743 e. The van der Waals surface area contributed by atoms with Crippen LogP contribution in [0.4, 0.5) is 11.4 Å². The van der Waals surface area contributed by atoms with Gasteiger partial charge in [-0.15, -0.1) is 0 Å². The van der Waals surface area contributed by atoms with Crippen LogP contribution in [0.5, 0.6) is 0 Å². The molecule has 0 spiro atoms. The largest absolute Gasteiger partial charge is 0.396 e. The van der Waals surface area contributed by atoms with Crippen molar-refractivity contribution >= 4 is 50.0 Å². The van der Waals surface area contributed by atoms with Crippen LogP contribution in [0.3, 0.4) is 0 Å². The summed E-state index contributed by atoms with van der Waals surface area (Å²) in [7, 11) is 0. The van der Waals surface area contributed by atoms with Crippen LogP contribution >= 0.6 is 27.7 Å². The molecule has 0 aliphatic carbocycles. The molecule has 0 atom stereocenters. The van der Waals surface area contributed by atoms with E-state index in [9.17, 15) is 0 Å². The second kappa shape index (κ2) is 6.88. The summed E-state index contributed by atoms with van der Waals surface area (Å²) in [4.78, 5) is 4.40. The van der Waals surface area contributed by atoms with Crippen LogP contribution < -0.4 is 11.1 Å². The van der Waals surface area contributed by atoms with Crippen molar-refractivity contribution in [2.45, 2.75) is 31.4 Å². The van der Waals surface area contributed by atoms with Gasteiger partial charge in [-0.25, -0.2) is 0 Å². The molecule has 2 aromatic rings. The van der Waals surface area contributed by atoms with Crippen molar-refractivity contribution in [1.82, 2.24) is 4.98 Å². The first-order chi connectivity index (χ1) is 10.0. The fraction of sp³-hybridized carbons (Fsp3) is 0.438. The predicted molar refractivity (Wildman–Crippen MR) is 99.2 cm³/mol. The minimum atomic E-state index is 0.244. The molecule has 0 unspecified atom stereocenters. The van der Waals surface area contributed by atoms with Gasteiger partial charge >= 0.3 is 0 Å². The van der Waals surface area contributed by atoms with E-state index in [1.165, 1.54) is 0 Å². The second-order valence-corrected chi connectivity index (χ2v) is 7.39. The third kappa shape index (κ3) is 3.46. The Morgan fingerprint density at radius 2 is 2.05 bits per heavy atom. The van der Waals surface area contributed by atoms with Crippen molar-refractivity contribution in [3.8, 4) is 0 Å². The van der Waals surface area contributed by atoms with Gasteiger partial charge in [0.2, 0.25) is 0 Å². The average Bonchev–Trinajstić information content (AvgIpc) is 2.50. The highest BCUT2D eigenvalue weighted by atomic mass is 79.9. The highest BCUT2D eigenvalue weighted by molar-refractivity contribution is 9.10. The molecule has 1 aromatic carbocycles. The molecule has 0 saturated heterocycles. The summed E-state index contributed by atoms with van der Waals surface area (Å²) in [6, 6.07) is 6.07. The van der Waals surface area contributed by atoms with Crippen molar-refractivity contribution < 1.29 is 0 Å². The van der Waals surface area contributed by atoms with E-state index in [0.717, 1.165) is 40.4 Å². The summed E-state index contributed by atoms with van der Waals surface area (Å²) in [5, 5.41) is 4.63. The summed E-state index contributed by atoms with van der Waals surface area (Å²) >= 11 is 5.45. The molecule has 0 bridgehead atoms. The standard InChI is InChI=1S/C16H22BrN3S/c1-4-16(5-2,21-3)10-20-15-12-8-11(17)6-7-14(12)19-9-13(15)18/h6-9H,4-5,10,18H2,1-3H3,(H,19,20). The van der Waals surface area contributed by atoms with Crippen LogP contribution in [0.2, 0.25) is 0 Å². The molecule has 0 aliphatic heterocycles. The number of halogens is 1. The number of rotatable bonds is 6. The van der Waals surface area contributed by atoms with E-state index < -0.39 is 0 Å². The average molecular weight is 368 g/mol. The quantitative estimate of drug-likeness (QED) is 0.760. The molecule has 0 saturated carbocycles. The van der Waals surface area contributed by atoms with Crippen molar-refractivity contribution in [2.75, 3.05) is 23.9 Å². The lowest BCUT2D eigenvalue weighted by Gasteiger charge is -2.30. The highest BCUT2D eigenvalue weighted by Crippen LogP contribution is 2.34. The zero-order valence-corrected chi connectivity index (χ0v) is 15.1. The van der Waals surface area contributed by atoms with E-state index in [2.05, 4.69) is 52.4 Å². The molecule has 0 radical (unpaired) electrons. The number of fused-ring (bicyclic) bond motifs is 1. The Morgan fingerprint density at radius 1 is 1.33 bits per heavy atom. The number of hydrogen-bond acceptors (Lipinski definition) is 4. The zero-order chi connectivity index (χ0) is 15.5. The molecule has 0 fully saturated rings. The summed E-state index contributed by atoms with van der Waals surface area (Å²) in [6.07, 6.45) is 6.17. The van der Waals surface area contributed by atoms with E-state index in [0.29, 0.717) is 5.69 Å². The number of nitrogens with one attached hydrogen (secondary N) is 1. The van der Waals surface area contributed by atoms with Gasteiger partial charge in [-0.2, -0.15) is 11.8 Å². The minimum absolute atomic E-state index is 0.244. The molecule has 1 heterocycles. The van der Waals surface area contributed by atoms with E-state index in [1.807, 2.05) is 23.9 Å². The van der Waals surface area contributed by atoms with Crippen LogP contribution in [0.15, 0.2) is 28.9 Å². The number of aromatic nitrogens is 1. The number of anilines is 2. The summed E-state index contributed by atoms with van der Waals surface area (Å²) in [5.41, 5.74) is 8.78. The Kier molecular flexibility index (Phi) is 5.38. The van der Waals surface area contributed by atoms with Crippen LogP contribution in [0, 0.1) is 0 Å². The second-order valence-electron chi connectivity index (χ2n) is 5.20. The normalized spacial score (nSPS) is 11.8. The van der Waals surface area contributed by atoms with Crippen molar-refractivity contribution in [1.29, 1.82) is 0 Å². The summed E-state index contributed by atoms with van der Waals surface area (Å²) in [6.45, 7) is 5.38. The lowest BCUT2D eigenvalue weighted by Crippen LogP contribution is -2.32. The minimum Gasteiger partial charge on any atom is -0.396 e. The fourth-order valence-corrected chi connectivity index (χ4v) is 3.64. The summed E-state index contributed by atoms with van der Waals surface area (Å²) < 4.78 is 1.28. The fourth-order valence-electron chi connectivity index (χ4n) is 2.49. The van der Waals surface area contributed by atoms with Gasteiger partial charge in [-0.1, -0.05) is 29.8 Å². The maximum absolute atomic E-state index is 6.14. The molecule has 5 heteroatoms. The van der Waals surface area contributed by atoms with Crippen molar-refractivity contribution in [2.24, 2.45) is 0 Å². The lowest BCUT2D eigenvalue weighted by atomic mass is 10.0. The molecular weight excluding hydrogens is 346 g/mol. The molecule has 2 rings (SSSR count). The molecule has 0 aliphatic rings. The van der Waals surface area contributed by atoms with Gasteiger partial charge in [-0.05, 0) is 37.3 Å². The Bertz CT molecular complexity index is 613. The van der Waals surface area contributed by atoms with Crippen LogP contribution in [0.25, 0.3) is 10.9 Å². The number of nitrogen functional groups attached to an aromatic ring is 1. The first-order valence-electron chi connectivity index (χ1n) is 7.18. The first-order valence-corrected chi connectivity index (χ1v) is 9.19. The van der Waals surface area contributed by atoms with E-state index in [-0.39, 0.29) is 4.75 Å². The highest BCUT2D eigenvalue weighted by Gasteiger charge is 2.25. The van der Waals surface area contributed by atoms with Crippen molar-refractivity contribution in [3.05, 3.63) is 28.9 Å². The topological polar surface area (TPSA) is 50.9 Å². The Labute approximate surface area is 139 Å². The number of nitrogens with two attached hydrogens (primary N) is 1. The van der Waals surface area contributed by atoms with E-state index in [1.54, 1.807) is 6.20 Å². The molecular formula is C16H22BrN3S. The number of nitrogens with zero attached hydrogens (tertiary/aromatic N) is 1. The third-order valence-corrected chi connectivity index (χ3v) is 6.25. The Hall–Kier alpha value is -0.940. The molecule has 3 N–H and O–H groups in total. The van der Waals surface area contributed by atoms with Gasteiger partial charge in [0.1, 0.15) is 0 Å². The number of hydrogen-bond donors (Lipinski definition) is 2. The molecule has 1 aromatic heterocycles. The zero-order valence-electron chi connectivity index (χ0n) is 12.7. The Morgan fingerprint density at radius 3 is 2.67 bits per heavy atom. The van der Waals surface area contributed by atoms with Gasteiger partial charge in [0.05, 0.1) is 23.1 Å². The first kappa shape index (κ1) is 16.4. The molecule has 0 amide bonds. The summed E-state index contributed by atoms with van der Waals surface area (Å²) in [5.74, 6) is 0. The SMILES string of the molecule is CCC(CC)(CNc1c(N)cnc2ccc(Br)cc12)SC. The Balaban J connectivity index is 2.37. The van der Waals surface area contributed by atoms with Gasteiger partial charge < -0.3 is 11.1 Å². The number of benzene rings is 1. The lowest BCUT2D eigenvalue weighted by molar-refractivity contribution is 0.575. The van der Waals surface area contributed by atoms with Crippen molar-refractivity contribution in [3.63, 3.8) is 0 Å². The maximum atomic E-state index is 6.14. The third-order valence-electron chi connectivity index (χ3n) is 4.17. The predicted octanol–water partition coefficient (Wildman–Crippen LogP) is 4.91. The molecule has 21 heavy (non-hydrogen) atoms. The van der Waals surface area contributed by atoms with Gasteiger partial charge in [-0.3, -0.25) is 4.98 Å². The van der Waals surface area contributed by atoms with Crippen LogP contribution in [0.1, 0.15) is 26.7 Å². The monoisotopic (exact) mass is 367 g/mol. The van der Waals surface area contributed by atoms with Gasteiger partial charge in [0.15, 0.2) is 0 Å². The van der Waals surface area contributed by atoms with Crippen LogP contribution in [-0.2, 0) is 0 Å². The van der Waals surface area contributed by atoms with Gasteiger partial charge in [0.25, 0.3) is 0 Å². The molecule has 3 nitrogen and oxygen atoms in total. The van der Waals surface area contributed by atoms with Gasteiger partial charge in [0, 0.05) is 21.2 Å².